The summed E-state index contributed by atoms with van der Waals surface area (Å²) in [5, 5.41) is 4.61. The van der Waals surface area contributed by atoms with Crippen LogP contribution in [-0.4, -0.2) is 23.8 Å². The third kappa shape index (κ3) is 5.70. The first-order chi connectivity index (χ1) is 16.9. The van der Waals surface area contributed by atoms with E-state index < -0.39 is 5.91 Å². The first kappa shape index (κ1) is 24.4. The van der Waals surface area contributed by atoms with Crippen LogP contribution in [0.15, 0.2) is 70.2 Å². The van der Waals surface area contributed by atoms with Crippen molar-refractivity contribution in [2.45, 2.75) is 20.5 Å². The summed E-state index contributed by atoms with van der Waals surface area (Å²) in [6.07, 6.45) is 1.42. The van der Waals surface area contributed by atoms with Crippen molar-refractivity contribution in [2.75, 3.05) is 7.11 Å². The van der Waals surface area contributed by atoms with Gasteiger partial charge in [-0.05, 0) is 80.1 Å². The fourth-order valence-electron chi connectivity index (χ4n) is 3.57. The molecule has 2 aromatic heterocycles. The van der Waals surface area contributed by atoms with Gasteiger partial charge in [-0.3, -0.25) is 4.79 Å². The van der Waals surface area contributed by atoms with E-state index in [0.29, 0.717) is 32.9 Å². The van der Waals surface area contributed by atoms with Crippen molar-refractivity contribution in [3.05, 3.63) is 99.2 Å². The van der Waals surface area contributed by atoms with Crippen molar-refractivity contribution in [3.63, 3.8) is 0 Å². The molecule has 0 saturated heterocycles. The van der Waals surface area contributed by atoms with Crippen LogP contribution in [0.1, 0.15) is 33.3 Å². The van der Waals surface area contributed by atoms with Crippen LogP contribution in [0.5, 0.6) is 11.5 Å². The molecule has 0 spiro atoms. The van der Waals surface area contributed by atoms with Gasteiger partial charge in [-0.1, -0.05) is 23.2 Å². The number of rotatable bonds is 8. The number of hydrogen-bond donors (Lipinski definition) is 1. The van der Waals surface area contributed by atoms with Crippen LogP contribution >= 0.6 is 23.2 Å². The molecule has 0 bridgehead atoms. The highest BCUT2D eigenvalue weighted by Gasteiger charge is 2.12. The number of ether oxygens (including phenoxy) is 2. The van der Waals surface area contributed by atoms with E-state index in [-0.39, 0.29) is 12.4 Å². The van der Waals surface area contributed by atoms with E-state index in [1.165, 1.54) is 24.7 Å². The molecule has 9 heteroatoms. The van der Waals surface area contributed by atoms with Gasteiger partial charge in [-0.25, -0.2) is 5.43 Å². The number of hydrogen-bond acceptors (Lipinski definition) is 5. The van der Waals surface area contributed by atoms with E-state index in [1.807, 2.05) is 24.3 Å². The van der Waals surface area contributed by atoms with Crippen LogP contribution in [-0.2, 0) is 6.61 Å². The SMILES string of the molecule is COc1c(Cl)cc(/C=N/NC(=O)c2ccc(COc3ccc(-n4c(C)ccc4C)cc3)o2)cc1Cl. The summed E-state index contributed by atoms with van der Waals surface area (Å²) in [5.41, 5.74) is 6.40. The zero-order chi connectivity index (χ0) is 24.9. The van der Waals surface area contributed by atoms with Crippen LogP contribution in [0.4, 0.5) is 0 Å². The van der Waals surface area contributed by atoms with E-state index in [0.717, 1.165) is 5.69 Å². The Kier molecular flexibility index (Phi) is 7.48. The molecule has 4 rings (SSSR count). The molecule has 0 atom stereocenters. The van der Waals surface area contributed by atoms with Crippen LogP contribution in [0.3, 0.4) is 0 Å². The van der Waals surface area contributed by atoms with E-state index in [2.05, 4.69) is 41.1 Å². The molecule has 0 fully saturated rings. The van der Waals surface area contributed by atoms with Gasteiger partial charge in [0.25, 0.3) is 0 Å². The molecule has 0 aliphatic heterocycles. The number of furan rings is 1. The average molecular weight is 512 g/mol. The number of halogens is 2. The van der Waals surface area contributed by atoms with E-state index in [4.69, 9.17) is 37.1 Å². The minimum atomic E-state index is -0.500. The zero-order valence-electron chi connectivity index (χ0n) is 19.3. The first-order valence-corrected chi connectivity index (χ1v) is 11.4. The lowest BCUT2D eigenvalue weighted by Crippen LogP contribution is -2.16. The van der Waals surface area contributed by atoms with E-state index in [1.54, 1.807) is 24.3 Å². The zero-order valence-corrected chi connectivity index (χ0v) is 20.9. The Labute approximate surface area is 212 Å². The molecule has 0 saturated carbocycles. The summed E-state index contributed by atoms with van der Waals surface area (Å²) in [4.78, 5) is 12.3. The van der Waals surface area contributed by atoms with E-state index in [9.17, 15) is 4.79 Å². The van der Waals surface area contributed by atoms with E-state index >= 15 is 0 Å². The molecule has 0 aliphatic carbocycles. The summed E-state index contributed by atoms with van der Waals surface area (Å²) in [6, 6.07) is 18.5. The molecule has 2 aromatic carbocycles. The van der Waals surface area contributed by atoms with Crippen LogP contribution in [0, 0.1) is 13.8 Å². The van der Waals surface area contributed by atoms with Gasteiger partial charge in [0.15, 0.2) is 11.5 Å². The van der Waals surface area contributed by atoms with Crippen molar-refractivity contribution in [1.82, 2.24) is 9.99 Å². The fraction of sp³-hybridized carbons (Fsp3) is 0.154. The summed E-state index contributed by atoms with van der Waals surface area (Å²) in [6.45, 7) is 4.32. The van der Waals surface area contributed by atoms with Gasteiger partial charge in [0.05, 0.1) is 23.4 Å². The van der Waals surface area contributed by atoms with Crippen molar-refractivity contribution in [3.8, 4) is 17.2 Å². The summed E-state index contributed by atoms with van der Waals surface area (Å²) < 4.78 is 18.7. The summed E-state index contributed by atoms with van der Waals surface area (Å²) >= 11 is 12.2. The van der Waals surface area contributed by atoms with Crippen molar-refractivity contribution >= 4 is 35.3 Å². The molecule has 35 heavy (non-hydrogen) atoms. The molecule has 4 aromatic rings. The molecular formula is C26H23Cl2N3O4. The van der Waals surface area contributed by atoms with Gasteiger partial charge in [-0.15, -0.1) is 0 Å². The maximum atomic E-state index is 12.3. The second-order valence-electron chi connectivity index (χ2n) is 7.72. The minimum absolute atomic E-state index is 0.112. The number of nitrogens with zero attached hydrogens (tertiary/aromatic N) is 2. The standard InChI is InChI=1S/C26H23Cl2N3O4/c1-16-4-5-17(2)31(16)19-6-8-20(9-7-19)34-15-21-10-11-24(35-21)26(32)30-29-14-18-12-22(27)25(33-3)23(28)13-18/h4-14H,15H2,1-3H3,(H,30,32)/b29-14+. The molecule has 180 valence electrons. The number of carbonyl (C=O) groups excluding carboxylic acids is 1. The molecule has 0 radical (unpaired) electrons. The number of carbonyl (C=O) groups is 1. The number of hydrazone groups is 1. The van der Waals surface area contributed by atoms with Gasteiger partial charge in [0.1, 0.15) is 18.1 Å². The fourth-order valence-corrected chi connectivity index (χ4v) is 4.23. The number of aromatic nitrogens is 1. The van der Waals surface area contributed by atoms with Crippen molar-refractivity contribution in [1.29, 1.82) is 0 Å². The molecular weight excluding hydrogens is 489 g/mol. The molecule has 2 heterocycles. The second kappa shape index (κ2) is 10.7. The maximum absolute atomic E-state index is 12.3. The smallest absolute Gasteiger partial charge is 0.307 e. The Morgan fingerprint density at radius 2 is 1.69 bits per heavy atom. The largest absolute Gasteiger partial charge is 0.494 e. The van der Waals surface area contributed by atoms with Crippen LogP contribution < -0.4 is 14.9 Å². The maximum Gasteiger partial charge on any atom is 0.307 e. The highest BCUT2D eigenvalue weighted by molar-refractivity contribution is 6.37. The first-order valence-electron chi connectivity index (χ1n) is 10.7. The molecule has 7 nitrogen and oxygen atoms in total. The Bertz CT molecular complexity index is 1330. The number of nitrogens with one attached hydrogen (secondary N) is 1. The molecule has 0 unspecified atom stereocenters. The number of aryl methyl sites for hydroxylation is 2. The van der Waals surface area contributed by atoms with Crippen LogP contribution in [0.25, 0.3) is 5.69 Å². The van der Waals surface area contributed by atoms with Crippen molar-refractivity contribution in [2.24, 2.45) is 5.10 Å². The molecule has 1 amide bonds. The third-order valence-corrected chi connectivity index (χ3v) is 5.80. The lowest BCUT2D eigenvalue weighted by molar-refractivity contribution is 0.0923. The summed E-state index contributed by atoms with van der Waals surface area (Å²) in [5.74, 6) is 1.19. The van der Waals surface area contributed by atoms with Gasteiger partial charge in [0, 0.05) is 17.1 Å². The Balaban J connectivity index is 1.32. The van der Waals surface area contributed by atoms with Gasteiger partial charge in [-0.2, -0.15) is 5.10 Å². The highest BCUT2D eigenvalue weighted by atomic mass is 35.5. The van der Waals surface area contributed by atoms with Crippen LogP contribution in [0.2, 0.25) is 10.0 Å². The lowest BCUT2D eigenvalue weighted by atomic mass is 10.2. The topological polar surface area (TPSA) is 78.0 Å². The lowest BCUT2D eigenvalue weighted by Gasteiger charge is -2.10. The van der Waals surface area contributed by atoms with Gasteiger partial charge >= 0.3 is 5.91 Å². The predicted molar refractivity (Wildman–Crippen MR) is 136 cm³/mol. The van der Waals surface area contributed by atoms with Gasteiger partial charge in [0.2, 0.25) is 0 Å². The summed E-state index contributed by atoms with van der Waals surface area (Å²) in [7, 11) is 1.48. The predicted octanol–water partition coefficient (Wildman–Crippen LogP) is 6.35. The molecule has 1 N–H and O–H groups in total. The Hall–Kier alpha value is -3.68. The Morgan fingerprint density at radius 3 is 2.31 bits per heavy atom. The monoisotopic (exact) mass is 511 g/mol. The number of amides is 1. The third-order valence-electron chi connectivity index (χ3n) is 5.24. The second-order valence-corrected chi connectivity index (χ2v) is 8.53. The number of benzene rings is 2. The Morgan fingerprint density at radius 1 is 1.03 bits per heavy atom. The van der Waals surface area contributed by atoms with Gasteiger partial charge < -0.3 is 18.5 Å². The molecule has 0 aliphatic rings. The number of methoxy groups -OCH3 is 1. The van der Waals surface area contributed by atoms with Crippen molar-refractivity contribution < 1.29 is 18.7 Å². The minimum Gasteiger partial charge on any atom is -0.494 e. The normalized spacial score (nSPS) is 11.1. The quantitative estimate of drug-likeness (QED) is 0.221. The highest BCUT2D eigenvalue weighted by Crippen LogP contribution is 2.33. The average Bonchev–Trinajstić information content (AvgIpc) is 3.44.